The maximum absolute atomic E-state index is 11.9. The average molecular weight is 259 g/mol. The SMILES string of the molecule is O=C(c1ccco1)N1CCN(C(=S)Cl)CC1. The Bertz CT molecular complexity index is 386. The van der Waals surface area contributed by atoms with E-state index in [2.05, 4.69) is 0 Å². The Balaban J connectivity index is 1.94. The van der Waals surface area contributed by atoms with Crippen LogP contribution in [0.15, 0.2) is 22.8 Å². The van der Waals surface area contributed by atoms with Crippen LogP contribution in [0.5, 0.6) is 0 Å². The van der Waals surface area contributed by atoms with Gasteiger partial charge in [0.25, 0.3) is 5.91 Å². The average Bonchev–Trinajstić information content (AvgIpc) is 2.81. The van der Waals surface area contributed by atoms with Gasteiger partial charge in [-0.25, -0.2) is 0 Å². The van der Waals surface area contributed by atoms with Gasteiger partial charge in [0.1, 0.15) is 0 Å². The number of nitrogens with zero attached hydrogens (tertiary/aromatic N) is 2. The van der Waals surface area contributed by atoms with Crippen LogP contribution in [0.4, 0.5) is 0 Å². The molecule has 0 radical (unpaired) electrons. The van der Waals surface area contributed by atoms with E-state index in [0.29, 0.717) is 36.4 Å². The highest BCUT2D eigenvalue weighted by Gasteiger charge is 2.23. The number of hydrogen-bond acceptors (Lipinski definition) is 3. The van der Waals surface area contributed by atoms with E-state index in [1.54, 1.807) is 17.0 Å². The van der Waals surface area contributed by atoms with E-state index in [1.807, 2.05) is 4.90 Å². The van der Waals surface area contributed by atoms with Crippen molar-refractivity contribution in [3.8, 4) is 0 Å². The first-order chi connectivity index (χ1) is 7.68. The lowest BCUT2D eigenvalue weighted by atomic mass is 10.3. The summed E-state index contributed by atoms with van der Waals surface area (Å²) in [7, 11) is 0. The third-order valence-corrected chi connectivity index (χ3v) is 3.04. The first kappa shape index (κ1) is 11.4. The first-order valence-electron chi connectivity index (χ1n) is 4.95. The number of furan rings is 1. The summed E-state index contributed by atoms with van der Waals surface area (Å²) in [5, 5.41) is 0. The van der Waals surface area contributed by atoms with E-state index in [4.69, 9.17) is 28.2 Å². The molecule has 1 saturated heterocycles. The molecule has 0 aliphatic carbocycles. The maximum atomic E-state index is 11.9. The lowest BCUT2D eigenvalue weighted by molar-refractivity contribution is 0.0663. The van der Waals surface area contributed by atoms with Gasteiger partial charge in [-0.1, -0.05) is 11.6 Å². The molecular formula is C10H11ClN2O2S. The van der Waals surface area contributed by atoms with E-state index in [1.165, 1.54) is 6.26 Å². The normalized spacial score (nSPS) is 16.3. The number of rotatable bonds is 1. The lowest BCUT2D eigenvalue weighted by Gasteiger charge is -2.34. The Morgan fingerprint density at radius 1 is 1.31 bits per heavy atom. The summed E-state index contributed by atoms with van der Waals surface area (Å²) in [5.41, 5.74) is 0. The number of piperazine rings is 1. The molecule has 1 amide bonds. The molecule has 2 heterocycles. The molecule has 1 aliphatic heterocycles. The Hall–Kier alpha value is -1.07. The molecule has 0 unspecified atom stereocenters. The Morgan fingerprint density at radius 3 is 2.44 bits per heavy atom. The first-order valence-corrected chi connectivity index (χ1v) is 5.74. The Morgan fingerprint density at radius 2 is 1.94 bits per heavy atom. The zero-order valence-corrected chi connectivity index (χ0v) is 10.1. The van der Waals surface area contributed by atoms with E-state index >= 15 is 0 Å². The molecule has 86 valence electrons. The van der Waals surface area contributed by atoms with Crippen LogP contribution < -0.4 is 0 Å². The third kappa shape index (κ3) is 2.36. The minimum absolute atomic E-state index is 0.0786. The second-order valence-electron chi connectivity index (χ2n) is 3.51. The van der Waals surface area contributed by atoms with Gasteiger partial charge < -0.3 is 14.2 Å². The highest BCUT2D eigenvalue weighted by Crippen LogP contribution is 2.10. The number of thiocarbonyl (C=S) groups is 1. The van der Waals surface area contributed by atoms with Crippen LogP contribution in [-0.4, -0.2) is 46.3 Å². The topological polar surface area (TPSA) is 36.7 Å². The van der Waals surface area contributed by atoms with Crippen molar-refractivity contribution in [2.45, 2.75) is 0 Å². The number of carbonyl (C=O) groups is 1. The zero-order valence-electron chi connectivity index (χ0n) is 8.56. The summed E-state index contributed by atoms with van der Waals surface area (Å²) in [5.74, 6) is 0.298. The van der Waals surface area contributed by atoms with E-state index in [0.717, 1.165) is 0 Å². The van der Waals surface area contributed by atoms with Gasteiger partial charge in [0.15, 0.2) is 10.2 Å². The summed E-state index contributed by atoms with van der Waals surface area (Å²) in [6.45, 7) is 2.59. The molecule has 0 N–H and O–H groups in total. The van der Waals surface area contributed by atoms with Gasteiger partial charge in [-0.3, -0.25) is 4.79 Å². The molecular weight excluding hydrogens is 248 g/mol. The van der Waals surface area contributed by atoms with E-state index < -0.39 is 0 Å². The Kier molecular flexibility index (Phi) is 3.46. The van der Waals surface area contributed by atoms with Gasteiger partial charge in [-0.2, -0.15) is 0 Å². The molecule has 0 aromatic carbocycles. The molecule has 0 atom stereocenters. The van der Waals surface area contributed by atoms with Gasteiger partial charge in [-0.05, 0) is 24.4 Å². The lowest BCUT2D eigenvalue weighted by Crippen LogP contribution is -2.49. The summed E-state index contributed by atoms with van der Waals surface area (Å²) in [4.78, 5) is 15.5. The van der Waals surface area contributed by atoms with Crippen molar-refractivity contribution in [3.63, 3.8) is 0 Å². The fraction of sp³-hybridized carbons (Fsp3) is 0.400. The zero-order chi connectivity index (χ0) is 11.5. The Labute approximate surface area is 104 Å². The number of amides is 1. The van der Waals surface area contributed by atoms with Gasteiger partial charge in [0.05, 0.1) is 6.26 Å². The largest absolute Gasteiger partial charge is 0.459 e. The molecule has 0 saturated carbocycles. The molecule has 1 aliphatic rings. The molecule has 2 rings (SSSR count). The standard InChI is InChI=1S/C10H11ClN2O2S/c11-10(16)13-5-3-12(4-6-13)9(14)8-2-1-7-15-8/h1-2,7H,3-6H2. The number of hydrogen-bond donors (Lipinski definition) is 0. The van der Waals surface area contributed by atoms with E-state index in [-0.39, 0.29) is 5.91 Å². The minimum atomic E-state index is -0.0786. The summed E-state index contributed by atoms with van der Waals surface area (Å²) >= 11 is 10.6. The quantitative estimate of drug-likeness (QED) is 0.435. The predicted molar refractivity (Wildman–Crippen MR) is 64.6 cm³/mol. The molecule has 0 spiro atoms. The second-order valence-corrected chi connectivity index (χ2v) is 4.48. The summed E-state index contributed by atoms with van der Waals surface area (Å²) < 4.78 is 5.43. The summed E-state index contributed by atoms with van der Waals surface area (Å²) in [6.07, 6.45) is 1.50. The highest BCUT2D eigenvalue weighted by atomic mass is 35.5. The third-order valence-electron chi connectivity index (χ3n) is 2.55. The van der Waals surface area contributed by atoms with Crippen LogP contribution in [0.2, 0.25) is 0 Å². The van der Waals surface area contributed by atoms with Crippen molar-refractivity contribution in [2.24, 2.45) is 0 Å². The maximum Gasteiger partial charge on any atom is 0.289 e. The second kappa shape index (κ2) is 4.84. The van der Waals surface area contributed by atoms with Crippen LogP contribution in [-0.2, 0) is 0 Å². The number of halogens is 1. The van der Waals surface area contributed by atoms with Crippen molar-refractivity contribution < 1.29 is 9.21 Å². The van der Waals surface area contributed by atoms with Gasteiger partial charge in [0.2, 0.25) is 0 Å². The molecule has 16 heavy (non-hydrogen) atoms. The van der Waals surface area contributed by atoms with E-state index in [9.17, 15) is 4.79 Å². The molecule has 1 fully saturated rings. The summed E-state index contributed by atoms with van der Waals surface area (Å²) in [6, 6.07) is 3.37. The van der Waals surface area contributed by atoms with Crippen LogP contribution in [0.3, 0.4) is 0 Å². The molecule has 0 bridgehead atoms. The fourth-order valence-electron chi connectivity index (χ4n) is 1.64. The molecule has 1 aromatic heterocycles. The predicted octanol–water partition coefficient (Wildman–Crippen LogP) is 1.56. The monoisotopic (exact) mass is 258 g/mol. The van der Waals surface area contributed by atoms with Crippen molar-refractivity contribution in [1.29, 1.82) is 0 Å². The van der Waals surface area contributed by atoms with Gasteiger partial charge >= 0.3 is 0 Å². The van der Waals surface area contributed by atoms with Crippen molar-refractivity contribution in [2.75, 3.05) is 26.2 Å². The van der Waals surface area contributed by atoms with Crippen LogP contribution >= 0.6 is 23.8 Å². The van der Waals surface area contributed by atoms with Crippen LogP contribution in [0.25, 0.3) is 0 Å². The van der Waals surface area contributed by atoms with Gasteiger partial charge in [-0.15, -0.1) is 0 Å². The number of carbonyl (C=O) groups excluding carboxylic acids is 1. The highest BCUT2D eigenvalue weighted by molar-refractivity contribution is 7.83. The smallest absolute Gasteiger partial charge is 0.289 e. The fourth-order valence-corrected chi connectivity index (χ4v) is 1.99. The van der Waals surface area contributed by atoms with Crippen molar-refractivity contribution in [3.05, 3.63) is 24.2 Å². The molecule has 6 heteroatoms. The van der Waals surface area contributed by atoms with Crippen molar-refractivity contribution in [1.82, 2.24) is 9.80 Å². The molecule has 1 aromatic rings. The molecule has 4 nitrogen and oxygen atoms in total. The minimum Gasteiger partial charge on any atom is -0.459 e. The van der Waals surface area contributed by atoms with Gasteiger partial charge in [0, 0.05) is 26.2 Å². The van der Waals surface area contributed by atoms with Crippen molar-refractivity contribution >= 4 is 34.2 Å². The van der Waals surface area contributed by atoms with Crippen LogP contribution in [0.1, 0.15) is 10.6 Å². The van der Waals surface area contributed by atoms with Crippen LogP contribution in [0, 0.1) is 0 Å².